The predicted octanol–water partition coefficient (Wildman–Crippen LogP) is 9.32. The summed E-state index contributed by atoms with van der Waals surface area (Å²) in [5, 5.41) is 17.8. The van der Waals surface area contributed by atoms with Crippen molar-refractivity contribution >= 4 is 23.5 Å². The van der Waals surface area contributed by atoms with Gasteiger partial charge in [-0.25, -0.2) is 0 Å². The van der Waals surface area contributed by atoms with Crippen molar-refractivity contribution in [2.75, 3.05) is 0 Å². The molecule has 1 saturated carbocycles. The zero-order valence-corrected chi connectivity index (χ0v) is 25.6. The Morgan fingerprint density at radius 1 is 0.600 bits per heavy atom. The summed E-state index contributed by atoms with van der Waals surface area (Å²) < 4.78 is 0. The summed E-state index contributed by atoms with van der Waals surface area (Å²) >= 11 is 0. The average Bonchev–Trinajstić information content (AvgIpc) is 2.93. The zero-order chi connectivity index (χ0) is 29.4. The lowest BCUT2D eigenvalue weighted by Crippen LogP contribution is -2.26. The van der Waals surface area contributed by atoms with Crippen LogP contribution in [-0.4, -0.2) is 33.7 Å². The lowest BCUT2D eigenvalue weighted by Gasteiger charge is -2.28. The Balaban J connectivity index is 1.87. The van der Waals surface area contributed by atoms with Gasteiger partial charge in [0.15, 0.2) is 0 Å². The number of hydrogen-bond donors (Lipinski definition) is 2. The Kier molecular flexibility index (Phi) is 21.7. The van der Waals surface area contributed by atoms with Crippen LogP contribution in [0.3, 0.4) is 0 Å². The summed E-state index contributed by atoms with van der Waals surface area (Å²) in [5.41, 5.74) is 0. The highest BCUT2D eigenvalue weighted by Gasteiger charge is 2.29. The molecular weight excluding hydrogens is 504 g/mol. The molecule has 1 fully saturated rings. The minimum Gasteiger partial charge on any atom is -0.481 e. The summed E-state index contributed by atoms with van der Waals surface area (Å²) in [4.78, 5) is 46.5. The van der Waals surface area contributed by atoms with Crippen LogP contribution < -0.4 is 0 Å². The molecule has 1 aliphatic carbocycles. The van der Waals surface area contributed by atoms with Crippen molar-refractivity contribution in [1.29, 1.82) is 0 Å². The van der Waals surface area contributed by atoms with Crippen LogP contribution in [-0.2, 0) is 19.2 Å². The molecule has 0 radical (unpaired) electrons. The minimum atomic E-state index is -0.864. The lowest BCUT2D eigenvalue weighted by atomic mass is 9.76. The molecule has 6 heteroatoms. The van der Waals surface area contributed by atoms with Gasteiger partial charge in [0.25, 0.3) is 0 Å². The Hall–Kier alpha value is -1.72. The van der Waals surface area contributed by atoms with Crippen LogP contribution in [0, 0.1) is 17.8 Å². The van der Waals surface area contributed by atoms with Crippen molar-refractivity contribution in [3.8, 4) is 0 Å². The van der Waals surface area contributed by atoms with Crippen molar-refractivity contribution in [1.82, 2.24) is 0 Å². The molecule has 40 heavy (non-hydrogen) atoms. The lowest BCUT2D eigenvalue weighted by molar-refractivity contribution is -0.144. The molecule has 6 nitrogen and oxygen atoms in total. The van der Waals surface area contributed by atoms with Crippen molar-refractivity contribution in [3.05, 3.63) is 0 Å². The standard InChI is InChI=1S/C34H60O6/c1-2-29(34(39)40)27-32(36)30-24-21-28(22-25-30)23-26-31(35)19-17-15-13-11-9-7-5-3-4-6-8-10-12-14-16-18-20-33(37)38/h28-30H,2-27H2,1H3,(H,37,38)(H,39,40)/t28?,29-,30?/m1/s1. The van der Waals surface area contributed by atoms with Crippen molar-refractivity contribution < 1.29 is 29.4 Å². The van der Waals surface area contributed by atoms with Crippen LogP contribution in [0.25, 0.3) is 0 Å². The van der Waals surface area contributed by atoms with Gasteiger partial charge in [0.05, 0.1) is 5.92 Å². The van der Waals surface area contributed by atoms with Gasteiger partial charge < -0.3 is 10.2 Å². The summed E-state index contributed by atoms with van der Waals surface area (Å²) in [6.07, 6.45) is 26.6. The first-order valence-corrected chi connectivity index (χ1v) is 16.8. The summed E-state index contributed by atoms with van der Waals surface area (Å²) in [5.74, 6) is -1.02. The van der Waals surface area contributed by atoms with Gasteiger partial charge in [0.1, 0.15) is 11.6 Å². The maximum Gasteiger partial charge on any atom is 0.306 e. The number of carbonyl (C=O) groups is 4. The van der Waals surface area contributed by atoms with Crippen LogP contribution in [0.5, 0.6) is 0 Å². The fourth-order valence-corrected chi connectivity index (χ4v) is 6.15. The first-order chi connectivity index (χ1) is 19.3. The zero-order valence-electron chi connectivity index (χ0n) is 25.6. The average molecular weight is 565 g/mol. The maximum absolute atomic E-state index is 12.5. The number of carbonyl (C=O) groups excluding carboxylic acids is 2. The topological polar surface area (TPSA) is 109 Å². The van der Waals surface area contributed by atoms with Crippen LogP contribution in [0.4, 0.5) is 0 Å². The molecule has 1 rings (SSSR count). The second-order valence-corrected chi connectivity index (χ2v) is 12.5. The van der Waals surface area contributed by atoms with Gasteiger partial charge in [-0.2, -0.15) is 0 Å². The van der Waals surface area contributed by atoms with Crippen molar-refractivity contribution in [3.63, 3.8) is 0 Å². The normalized spacial score (nSPS) is 17.9. The van der Waals surface area contributed by atoms with E-state index in [-0.39, 0.29) is 18.1 Å². The molecule has 0 amide bonds. The fourth-order valence-electron chi connectivity index (χ4n) is 6.15. The predicted molar refractivity (Wildman–Crippen MR) is 161 cm³/mol. The molecule has 0 aromatic rings. The Morgan fingerprint density at radius 2 is 1.02 bits per heavy atom. The SMILES string of the molecule is CC[C@H](CC(=O)C1CCC(CCC(=O)CCCCCCCCCCCCCCCCCCC(=O)O)CC1)C(=O)O. The van der Waals surface area contributed by atoms with Gasteiger partial charge in [0.2, 0.25) is 0 Å². The van der Waals surface area contributed by atoms with Gasteiger partial charge in [0, 0.05) is 31.6 Å². The number of carboxylic acid groups (broad SMARTS) is 2. The van der Waals surface area contributed by atoms with Gasteiger partial charge in [-0.15, -0.1) is 0 Å². The number of hydrogen-bond acceptors (Lipinski definition) is 4. The van der Waals surface area contributed by atoms with E-state index < -0.39 is 17.9 Å². The number of rotatable bonds is 27. The summed E-state index contributed by atoms with van der Waals surface area (Å²) in [6.45, 7) is 1.83. The minimum absolute atomic E-state index is 0.0190. The first-order valence-electron chi connectivity index (χ1n) is 16.8. The highest BCUT2D eigenvalue weighted by molar-refractivity contribution is 5.85. The molecule has 0 aromatic heterocycles. The van der Waals surface area contributed by atoms with E-state index in [2.05, 4.69) is 0 Å². The highest BCUT2D eigenvalue weighted by Crippen LogP contribution is 2.33. The van der Waals surface area contributed by atoms with Gasteiger partial charge in [-0.1, -0.05) is 96.8 Å². The molecule has 0 aromatic carbocycles. The second kappa shape index (κ2) is 23.9. The number of Topliss-reactive ketones (excluding diaryl/α,β-unsaturated/α-hetero) is 2. The summed E-state index contributed by atoms with van der Waals surface area (Å²) in [6, 6.07) is 0. The third kappa shape index (κ3) is 19.4. The third-order valence-corrected chi connectivity index (χ3v) is 9.02. The fraction of sp³-hybridized carbons (Fsp3) is 0.882. The van der Waals surface area contributed by atoms with E-state index in [1.807, 2.05) is 6.92 Å². The molecule has 0 bridgehead atoms. The van der Waals surface area contributed by atoms with Crippen molar-refractivity contribution in [2.24, 2.45) is 17.8 Å². The van der Waals surface area contributed by atoms with Gasteiger partial charge >= 0.3 is 11.9 Å². The smallest absolute Gasteiger partial charge is 0.306 e. The quantitative estimate of drug-likeness (QED) is 0.0962. The molecule has 1 aliphatic rings. The Labute approximate surface area is 244 Å². The highest BCUT2D eigenvalue weighted by atomic mass is 16.4. The molecule has 0 heterocycles. The Bertz CT molecular complexity index is 695. The van der Waals surface area contributed by atoms with E-state index in [9.17, 15) is 24.3 Å². The van der Waals surface area contributed by atoms with E-state index in [4.69, 9.17) is 5.11 Å². The molecule has 1 atom stereocenters. The molecule has 2 N–H and O–H groups in total. The van der Waals surface area contributed by atoms with E-state index in [0.717, 1.165) is 57.8 Å². The van der Waals surface area contributed by atoms with Crippen LogP contribution in [0.2, 0.25) is 0 Å². The number of aliphatic carboxylic acids is 2. The molecule has 0 spiro atoms. The van der Waals surface area contributed by atoms with Crippen LogP contribution >= 0.6 is 0 Å². The largest absolute Gasteiger partial charge is 0.481 e. The van der Waals surface area contributed by atoms with E-state index >= 15 is 0 Å². The molecular formula is C34H60O6. The van der Waals surface area contributed by atoms with Gasteiger partial charge in [-0.05, 0) is 57.3 Å². The molecule has 232 valence electrons. The number of unbranched alkanes of at least 4 members (excludes halogenated alkanes) is 15. The maximum atomic E-state index is 12.5. The summed E-state index contributed by atoms with van der Waals surface area (Å²) in [7, 11) is 0. The van der Waals surface area contributed by atoms with Crippen LogP contribution in [0.1, 0.15) is 174 Å². The van der Waals surface area contributed by atoms with Crippen molar-refractivity contribution in [2.45, 2.75) is 174 Å². The van der Waals surface area contributed by atoms with E-state index in [1.54, 1.807) is 0 Å². The Morgan fingerprint density at radius 3 is 1.43 bits per heavy atom. The first kappa shape index (κ1) is 36.3. The third-order valence-electron chi connectivity index (χ3n) is 9.02. The second-order valence-electron chi connectivity index (χ2n) is 12.5. The molecule has 0 unspecified atom stereocenters. The van der Waals surface area contributed by atoms with Crippen LogP contribution in [0.15, 0.2) is 0 Å². The number of carboxylic acids is 2. The number of ketones is 2. The molecule has 0 saturated heterocycles. The monoisotopic (exact) mass is 564 g/mol. The molecule has 0 aliphatic heterocycles. The van der Waals surface area contributed by atoms with Gasteiger partial charge in [-0.3, -0.25) is 19.2 Å². The van der Waals surface area contributed by atoms with E-state index in [0.29, 0.717) is 37.4 Å². The van der Waals surface area contributed by atoms with E-state index in [1.165, 1.54) is 77.0 Å².